The Balaban J connectivity index is 2.23. The maximum Gasteiger partial charge on any atom is 0.337 e. The van der Waals surface area contributed by atoms with Gasteiger partial charge in [-0.15, -0.1) is 0 Å². The van der Waals surface area contributed by atoms with Crippen molar-refractivity contribution in [3.8, 4) is 5.75 Å². The van der Waals surface area contributed by atoms with Crippen LogP contribution >= 0.6 is 0 Å². The molecular formula is C19H22N2O6S. The zero-order valence-corrected chi connectivity index (χ0v) is 16.9. The Morgan fingerprint density at radius 3 is 2.25 bits per heavy atom. The van der Waals surface area contributed by atoms with Crippen LogP contribution in [0.2, 0.25) is 0 Å². The van der Waals surface area contributed by atoms with Gasteiger partial charge in [0.15, 0.2) is 0 Å². The minimum absolute atomic E-state index is 0.279. The number of nitrogens with zero attached hydrogens (tertiary/aromatic N) is 1. The number of hydrogen-bond donors (Lipinski definition) is 1. The smallest absolute Gasteiger partial charge is 0.337 e. The molecule has 0 radical (unpaired) electrons. The van der Waals surface area contributed by atoms with Crippen LogP contribution in [-0.4, -0.2) is 47.3 Å². The van der Waals surface area contributed by atoms with Crippen molar-refractivity contribution in [1.29, 1.82) is 0 Å². The summed E-state index contributed by atoms with van der Waals surface area (Å²) < 4.78 is 35.4. The number of nitrogens with one attached hydrogen (secondary N) is 1. The Morgan fingerprint density at radius 2 is 1.71 bits per heavy atom. The molecule has 0 spiro atoms. The van der Waals surface area contributed by atoms with Crippen molar-refractivity contribution in [2.75, 3.05) is 36.6 Å². The van der Waals surface area contributed by atoms with Crippen LogP contribution in [0.25, 0.3) is 0 Å². The molecule has 2 rings (SSSR count). The normalized spacial score (nSPS) is 10.9. The number of hydrogen-bond acceptors (Lipinski definition) is 6. The molecular weight excluding hydrogens is 384 g/mol. The summed E-state index contributed by atoms with van der Waals surface area (Å²) in [6.07, 6.45) is 1.02. The number of anilines is 2. The molecule has 0 fully saturated rings. The monoisotopic (exact) mass is 406 g/mol. The topological polar surface area (TPSA) is 102 Å². The maximum atomic E-state index is 12.5. The first-order valence-electron chi connectivity index (χ1n) is 8.26. The molecule has 0 aliphatic carbocycles. The van der Waals surface area contributed by atoms with E-state index in [-0.39, 0.29) is 5.69 Å². The Kier molecular flexibility index (Phi) is 6.63. The zero-order valence-electron chi connectivity index (χ0n) is 16.1. The van der Waals surface area contributed by atoms with Gasteiger partial charge in [0.25, 0.3) is 0 Å². The largest absolute Gasteiger partial charge is 0.495 e. The third-order valence-electron chi connectivity index (χ3n) is 3.88. The summed E-state index contributed by atoms with van der Waals surface area (Å²) in [7, 11) is -1.04. The third kappa shape index (κ3) is 5.23. The first-order valence-corrected chi connectivity index (χ1v) is 10.1. The van der Waals surface area contributed by atoms with E-state index in [0.717, 1.165) is 16.1 Å². The standard InChI is InChI=1S/C19H22N2O6S/c1-13-5-10-17(26-2)16(11-13)21(28(4,24)25)12-18(22)20-15-8-6-14(7-9-15)19(23)27-3/h5-11H,12H2,1-4H3,(H,20,22). The van der Waals surface area contributed by atoms with E-state index in [4.69, 9.17) is 4.74 Å². The summed E-state index contributed by atoms with van der Waals surface area (Å²) in [6.45, 7) is 1.38. The summed E-state index contributed by atoms with van der Waals surface area (Å²) in [5.74, 6) is -0.696. The molecule has 0 atom stereocenters. The number of sulfonamides is 1. The summed E-state index contributed by atoms with van der Waals surface area (Å²) in [4.78, 5) is 23.9. The van der Waals surface area contributed by atoms with Gasteiger partial charge < -0.3 is 14.8 Å². The Morgan fingerprint density at radius 1 is 1.07 bits per heavy atom. The summed E-state index contributed by atoms with van der Waals surface area (Å²) in [6, 6.07) is 11.1. The van der Waals surface area contributed by atoms with Crippen LogP contribution < -0.4 is 14.4 Å². The number of amides is 1. The molecule has 0 aliphatic rings. The van der Waals surface area contributed by atoms with Crippen LogP contribution in [0.5, 0.6) is 5.75 Å². The predicted octanol–water partition coefficient (Wildman–Crippen LogP) is 2.19. The number of aryl methyl sites for hydroxylation is 1. The number of carbonyl (C=O) groups is 2. The fourth-order valence-electron chi connectivity index (χ4n) is 2.51. The van der Waals surface area contributed by atoms with Crippen molar-refractivity contribution >= 4 is 33.3 Å². The summed E-state index contributed by atoms with van der Waals surface area (Å²) in [5.41, 5.74) is 1.86. The van der Waals surface area contributed by atoms with Gasteiger partial charge in [-0.3, -0.25) is 9.10 Å². The number of rotatable bonds is 7. The molecule has 0 saturated carbocycles. The molecule has 9 heteroatoms. The summed E-state index contributed by atoms with van der Waals surface area (Å²) >= 11 is 0. The van der Waals surface area contributed by atoms with E-state index in [1.54, 1.807) is 18.2 Å². The second-order valence-electron chi connectivity index (χ2n) is 6.06. The van der Waals surface area contributed by atoms with E-state index < -0.39 is 28.4 Å². The van der Waals surface area contributed by atoms with Gasteiger partial charge in [0, 0.05) is 5.69 Å². The highest BCUT2D eigenvalue weighted by molar-refractivity contribution is 7.92. The number of benzene rings is 2. The van der Waals surface area contributed by atoms with Gasteiger partial charge in [0.1, 0.15) is 12.3 Å². The highest BCUT2D eigenvalue weighted by atomic mass is 32.2. The fourth-order valence-corrected chi connectivity index (χ4v) is 3.37. The molecule has 2 aromatic carbocycles. The molecule has 2 aromatic rings. The molecule has 28 heavy (non-hydrogen) atoms. The lowest BCUT2D eigenvalue weighted by Crippen LogP contribution is -2.37. The second kappa shape index (κ2) is 8.75. The molecule has 0 bridgehead atoms. The number of esters is 1. The maximum absolute atomic E-state index is 12.5. The predicted molar refractivity (Wildman–Crippen MR) is 106 cm³/mol. The van der Waals surface area contributed by atoms with Crippen molar-refractivity contribution in [2.24, 2.45) is 0 Å². The van der Waals surface area contributed by atoms with Gasteiger partial charge in [0.05, 0.1) is 31.7 Å². The average Bonchev–Trinajstić information content (AvgIpc) is 2.65. The van der Waals surface area contributed by atoms with Gasteiger partial charge in [-0.25, -0.2) is 13.2 Å². The average molecular weight is 406 g/mol. The van der Waals surface area contributed by atoms with E-state index in [1.165, 1.54) is 38.5 Å². The molecule has 0 saturated heterocycles. The van der Waals surface area contributed by atoms with Gasteiger partial charge >= 0.3 is 5.97 Å². The van der Waals surface area contributed by atoms with Gasteiger partial charge in [-0.05, 0) is 48.9 Å². The molecule has 150 valence electrons. The Bertz CT molecular complexity index is 970. The van der Waals surface area contributed by atoms with E-state index in [0.29, 0.717) is 17.0 Å². The lowest BCUT2D eigenvalue weighted by atomic mass is 10.2. The van der Waals surface area contributed by atoms with Crippen LogP contribution in [0.15, 0.2) is 42.5 Å². The highest BCUT2D eigenvalue weighted by Gasteiger charge is 2.24. The molecule has 0 unspecified atom stereocenters. The fraction of sp³-hybridized carbons (Fsp3) is 0.263. The lowest BCUT2D eigenvalue weighted by molar-refractivity contribution is -0.114. The Hall–Kier alpha value is -3.07. The van der Waals surface area contributed by atoms with E-state index in [2.05, 4.69) is 10.1 Å². The van der Waals surface area contributed by atoms with Gasteiger partial charge in [-0.1, -0.05) is 6.07 Å². The van der Waals surface area contributed by atoms with Crippen LogP contribution in [0.4, 0.5) is 11.4 Å². The van der Waals surface area contributed by atoms with Crippen LogP contribution in [0.1, 0.15) is 15.9 Å². The van der Waals surface area contributed by atoms with Crippen LogP contribution in [0.3, 0.4) is 0 Å². The molecule has 1 amide bonds. The quantitative estimate of drug-likeness (QED) is 0.707. The van der Waals surface area contributed by atoms with Crippen molar-refractivity contribution in [2.45, 2.75) is 6.92 Å². The first kappa shape index (κ1) is 21.2. The number of carbonyl (C=O) groups excluding carboxylic acids is 2. The zero-order chi connectivity index (χ0) is 20.9. The number of methoxy groups -OCH3 is 2. The van der Waals surface area contributed by atoms with E-state index >= 15 is 0 Å². The Labute approximate surface area is 164 Å². The molecule has 1 N–H and O–H groups in total. The lowest BCUT2D eigenvalue weighted by Gasteiger charge is -2.24. The first-order chi connectivity index (χ1) is 13.2. The van der Waals surface area contributed by atoms with Crippen molar-refractivity contribution in [3.63, 3.8) is 0 Å². The number of ether oxygens (including phenoxy) is 2. The van der Waals surface area contributed by atoms with Crippen LogP contribution in [-0.2, 0) is 19.6 Å². The highest BCUT2D eigenvalue weighted by Crippen LogP contribution is 2.31. The van der Waals surface area contributed by atoms with Gasteiger partial charge in [0.2, 0.25) is 15.9 Å². The molecule has 8 nitrogen and oxygen atoms in total. The molecule has 0 aromatic heterocycles. The van der Waals surface area contributed by atoms with Gasteiger partial charge in [-0.2, -0.15) is 0 Å². The van der Waals surface area contributed by atoms with Crippen molar-refractivity contribution in [1.82, 2.24) is 0 Å². The minimum atomic E-state index is -3.74. The van der Waals surface area contributed by atoms with E-state index in [1.807, 2.05) is 6.92 Å². The SMILES string of the molecule is COC(=O)c1ccc(NC(=O)CN(c2cc(C)ccc2OC)S(C)(=O)=O)cc1. The third-order valence-corrected chi connectivity index (χ3v) is 5.01. The minimum Gasteiger partial charge on any atom is -0.495 e. The van der Waals surface area contributed by atoms with E-state index in [9.17, 15) is 18.0 Å². The van der Waals surface area contributed by atoms with Crippen LogP contribution in [0, 0.1) is 6.92 Å². The molecule has 0 heterocycles. The molecule has 0 aliphatic heterocycles. The van der Waals surface area contributed by atoms with Crippen molar-refractivity contribution in [3.05, 3.63) is 53.6 Å². The second-order valence-corrected chi connectivity index (χ2v) is 7.97. The van der Waals surface area contributed by atoms with Crippen molar-refractivity contribution < 1.29 is 27.5 Å². The summed E-state index contributed by atoms with van der Waals surface area (Å²) in [5, 5.41) is 2.61.